The molecule has 2 aromatic heterocycles. The summed E-state index contributed by atoms with van der Waals surface area (Å²) < 4.78 is 12.8. The molecule has 3 heterocycles. The number of allylic oxidation sites excluding steroid dienone is 1. The Kier molecular flexibility index (Phi) is 7.06. The number of imidazole rings is 1. The van der Waals surface area contributed by atoms with Crippen LogP contribution in [0, 0.1) is 13.8 Å². The van der Waals surface area contributed by atoms with Crippen molar-refractivity contribution in [2.24, 2.45) is 11.5 Å². The maximum Gasteiger partial charge on any atom is 0.295 e. The number of fused-ring (bicyclic) bond motifs is 1. The molecule has 0 radical (unpaired) electrons. The molecule has 0 bridgehead atoms. The van der Waals surface area contributed by atoms with Crippen LogP contribution in [-0.4, -0.2) is 64.1 Å². The predicted octanol–water partition coefficient (Wildman–Crippen LogP) is 1.34. The van der Waals surface area contributed by atoms with Crippen LogP contribution in [0.3, 0.4) is 0 Å². The van der Waals surface area contributed by atoms with Crippen LogP contribution in [-0.2, 0) is 17.8 Å². The lowest BCUT2D eigenvalue weighted by Crippen LogP contribution is -2.35. The number of benzene rings is 1. The fourth-order valence-electron chi connectivity index (χ4n) is 4.07. The maximum atomic E-state index is 13.0. The van der Waals surface area contributed by atoms with Crippen LogP contribution in [0.1, 0.15) is 38.1 Å². The fraction of sp³-hybridized carbons (Fsp3) is 0.391. The van der Waals surface area contributed by atoms with Gasteiger partial charge in [-0.05, 0) is 24.6 Å². The zero-order valence-electron chi connectivity index (χ0n) is 19.3. The van der Waals surface area contributed by atoms with Crippen molar-refractivity contribution in [1.82, 2.24) is 19.4 Å². The molecule has 0 saturated carbocycles. The van der Waals surface area contributed by atoms with Crippen LogP contribution in [0.2, 0.25) is 0 Å². The van der Waals surface area contributed by atoms with E-state index in [1.807, 2.05) is 16.7 Å². The number of morpholine rings is 1. The number of nitrogens with zero attached hydrogens (tertiary/aromatic N) is 4. The average Bonchev–Trinajstić information content (AvgIpc) is 3.33. The first-order valence-electron chi connectivity index (χ1n) is 11.1. The lowest BCUT2D eigenvalue weighted by atomic mass is 10.1. The molecule has 0 aliphatic carbocycles. The third kappa shape index (κ3) is 5.01. The first-order valence-corrected chi connectivity index (χ1v) is 11.1. The Morgan fingerprint density at radius 2 is 1.94 bits per heavy atom. The summed E-state index contributed by atoms with van der Waals surface area (Å²) in [6.07, 6.45) is 3.74. The summed E-state index contributed by atoms with van der Waals surface area (Å²) in [5.74, 6) is -0.149. The number of nitrogens with one attached hydrogen (secondary N) is 1. The smallest absolute Gasteiger partial charge is 0.295 e. The van der Waals surface area contributed by atoms with Crippen molar-refractivity contribution in [2.75, 3.05) is 38.2 Å². The maximum absolute atomic E-state index is 13.0. The monoisotopic (exact) mass is 467 g/mol. The lowest BCUT2D eigenvalue weighted by molar-refractivity contribution is 0.0343. The largest absolute Gasteiger partial charge is 0.436 e. The van der Waals surface area contributed by atoms with Gasteiger partial charge in [0.1, 0.15) is 0 Å². The molecule has 1 aromatic carbocycles. The van der Waals surface area contributed by atoms with Crippen LogP contribution in [0.5, 0.6) is 0 Å². The molecule has 1 aliphatic heterocycles. The molecule has 0 unspecified atom stereocenters. The van der Waals surface area contributed by atoms with Gasteiger partial charge in [0.15, 0.2) is 5.89 Å². The van der Waals surface area contributed by atoms with Gasteiger partial charge in [0.05, 0.1) is 29.9 Å². The summed E-state index contributed by atoms with van der Waals surface area (Å²) in [4.78, 5) is 36.0. The summed E-state index contributed by atoms with van der Waals surface area (Å²) in [7, 11) is 0. The van der Waals surface area contributed by atoms with Crippen LogP contribution in [0.25, 0.3) is 11.0 Å². The summed E-state index contributed by atoms with van der Waals surface area (Å²) >= 11 is 0. The Hall–Kier alpha value is -3.54. The highest BCUT2D eigenvalue weighted by atomic mass is 16.5. The van der Waals surface area contributed by atoms with Crippen molar-refractivity contribution in [3.8, 4) is 0 Å². The van der Waals surface area contributed by atoms with Gasteiger partial charge < -0.3 is 25.2 Å². The van der Waals surface area contributed by atoms with Crippen LogP contribution in [0.15, 0.2) is 28.7 Å². The number of aryl methyl sites for hydroxylation is 2. The summed E-state index contributed by atoms with van der Waals surface area (Å²) in [5, 5.41) is 2.84. The normalized spacial score (nSPS) is 14.8. The number of amides is 2. The topological polar surface area (TPSA) is 155 Å². The fourth-order valence-corrected chi connectivity index (χ4v) is 4.07. The summed E-state index contributed by atoms with van der Waals surface area (Å²) in [6, 6.07) is 3.43. The minimum Gasteiger partial charge on any atom is -0.436 e. The zero-order chi connectivity index (χ0) is 24.2. The molecule has 11 nitrogen and oxygen atoms in total. The van der Waals surface area contributed by atoms with E-state index in [0.717, 1.165) is 24.2 Å². The first kappa shape index (κ1) is 23.6. The van der Waals surface area contributed by atoms with E-state index in [4.69, 9.17) is 20.6 Å². The number of primary amides is 1. The number of hydrogen-bond acceptors (Lipinski definition) is 8. The minimum absolute atomic E-state index is 0.125. The van der Waals surface area contributed by atoms with Gasteiger partial charge in [0.25, 0.3) is 5.91 Å². The second kappa shape index (κ2) is 10.2. The van der Waals surface area contributed by atoms with E-state index in [2.05, 4.69) is 20.2 Å². The molecule has 11 heteroatoms. The van der Waals surface area contributed by atoms with E-state index in [9.17, 15) is 9.59 Å². The van der Waals surface area contributed by atoms with Gasteiger partial charge in [0, 0.05) is 45.2 Å². The van der Waals surface area contributed by atoms with Crippen molar-refractivity contribution in [1.29, 1.82) is 0 Å². The van der Waals surface area contributed by atoms with E-state index in [1.165, 1.54) is 0 Å². The third-order valence-electron chi connectivity index (χ3n) is 5.63. The van der Waals surface area contributed by atoms with Crippen molar-refractivity contribution in [3.05, 3.63) is 52.8 Å². The van der Waals surface area contributed by atoms with Crippen LogP contribution in [0.4, 0.5) is 5.95 Å². The van der Waals surface area contributed by atoms with E-state index >= 15 is 0 Å². The van der Waals surface area contributed by atoms with Crippen molar-refractivity contribution in [2.45, 2.75) is 26.9 Å². The quantitative estimate of drug-likeness (QED) is 0.419. The first-order chi connectivity index (χ1) is 16.4. The number of carbonyl (C=O) groups excluding carboxylic acids is 2. The molecule has 5 N–H and O–H groups in total. The highest BCUT2D eigenvalue weighted by molar-refractivity contribution is 6.03. The molecule has 1 fully saturated rings. The number of rotatable bonds is 8. The number of anilines is 1. The molecule has 1 aliphatic rings. The standard InChI is InChI=1S/C23H29N7O4/c1-14-20(34-15(2)26-14)22(32)28-23-27-18-12-16(21(25)31)11-17(13-29-7-9-33-10-8-29)19(18)30(23)6-4-3-5-24/h3-4,11-12H,5-10,13,24H2,1-2H3,(H2,25,31)(H,27,28,32)/b4-3+. The average molecular weight is 468 g/mol. The number of ether oxygens (including phenoxy) is 1. The molecular formula is C23H29N7O4. The highest BCUT2D eigenvalue weighted by Gasteiger charge is 2.23. The number of aromatic nitrogens is 3. The van der Waals surface area contributed by atoms with Crippen LogP contribution >= 0.6 is 0 Å². The zero-order valence-corrected chi connectivity index (χ0v) is 19.3. The molecule has 2 amide bonds. The Balaban J connectivity index is 1.80. The number of carbonyl (C=O) groups is 2. The van der Waals surface area contributed by atoms with E-state index < -0.39 is 11.8 Å². The Morgan fingerprint density at radius 3 is 2.59 bits per heavy atom. The minimum atomic E-state index is -0.541. The van der Waals surface area contributed by atoms with Gasteiger partial charge in [-0.2, -0.15) is 0 Å². The van der Waals surface area contributed by atoms with E-state index in [0.29, 0.717) is 61.5 Å². The molecule has 0 spiro atoms. The van der Waals surface area contributed by atoms with Gasteiger partial charge in [-0.3, -0.25) is 19.8 Å². The van der Waals surface area contributed by atoms with Crippen molar-refractivity contribution in [3.63, 3.8) is 0 Å². The van der Waals surface area contributed by atoms with Gasteiger partial charge in [-0.1, -0.05) is 12.2 Å². The second-order valence-electron chi connectivity index (χ2n) is 8.11. The molecule has 0 atom stereocenters. The SMILES string of the molecule is Cc1nc(C)c(C(=O)Nc2nc3cc(C(N)=O)cc(CN4CCOCC4)c3n2C/C=C/CN)o1. The van der Waals surface area contributed by atoms with Gasteiger partial charge in [-0.15, -0.1) is 0 Å². The molecular weight excluding hydrogens is 438 g/mol. The Bertz CT molecular complexity index is 1240. The summed E-state index contributed by atoms with van der Waals surface area (Å²) in [5.41, 5.74) is 14.3. The highest BCUT2D eigenvalue weighted by Crippen LogP contribution is 2.27. The van der Waals surface area contributed by atoms with Gasteiger partial charge >= 0.3 is 0 Å². The van der Waals surface area contributed by atoms with E-state index in [1.54, 1.807) is 26.0 Å². The van der Waals surface area contributed by atoms with Crippen molar-refractivity contribution >= 4 is 28.8 Å². The van der Waals surface area contributed by atoms with Gasteiger partial charge in [-0.25, -0.2) is 9.97 Å². The number of hydrogen-bond donors (Lipinski definition) is 3. The second-order valence-corrected chi connectivity index (χ2v) is 8.11. The Morgan fingerprint density at radius 1 is 1.18 bits per heavy atom. The number of nitrogens with two attached hydrogens (primary N) is 2. The molecule has 34 heavy (non-hydrogen) atoms. The summed E-state index contributed by atoms with van der Waals surface area (Å²) in [6.45, 7) is 7.62. The molecule has 180 valence electrons. The molecule has 3 aromatic rings. The lowest BCUT2D eigenvalue weighted by Gasteiger charge is -2.27. The van der Waals surface area contributed by atoms with E-state index in [-0.39, 0.29) is 5.76 Å². The van der Waals surface area contributed by atoms with Crippen LogP contribution < -0.4 is 16.8 Å². The molecule has 1 saturated heterocycles. The third-order valence-corrected chi connectivity index (χ3v) is 5.63. The van der Waals surface area contributed by atoms with Crippen molar-refractivity contribution < 1.29 is 18.7 Å². The Labute approximate surface area is 196 Å². The molecule has 4 rings (SSSR count). The number of oxazole rings is 1. The predicted molar refractivity (Wildman–Crippen MR) is 126 cm³/mol. The van der Waals surface area contributed by atoms with Gasteiger partial charge in [0.2, 0.25) is 17.6 Å².